The fraction of sp³-hybridized carbons (Fsp3) is 0.549. The molecule has 27 heteroatoms. The number of nitrogens with two attached hydrogens (primary N) is 2. The molecule has 0 radical (unpaired) electrons. The Balaban J connectivity index is 0.939. The molecule has 3 aromatic heterocycles. The van der Waals surface area contributed by atoms with Gasteiger partial charge in [0, 0.05) is 44.7 Å². The second-order valence-corrected chi connectivity index (χ2v) is 19.0. The standard InChI is InChI=1S/C51H73N15O12/c1-32(2)43(60-42(68)16-21-74-23-25-76-27-28-77-26-24-75-22-18-54-34(4)67)48(70)59-39(9-6-17-55-49(53)71)47(69)58-37-13-10-35(11-14-37)31-78-51(73)64(38-7-5-8-38)19-20-66-41-15-12-36(29-40(41)62-63-66)30-65-46-44(61-50(65)72)45(52)56-33(3)57-46/h10-15,29,32,38-39,43H,5-9,16-28,30-31H2,1-4H3,(H,54,67)(H,58,69)(H,59,70)(H,60,68)(H,61,72)(H2,52,56,57)(H3,53,55,71)/t39-,43-/m0/s1. The van der Waals surface area contributed by atoms with Crippen LogP contribution in [0.25, 0.3) is 22.2 Å². The van der Waals surface area contributed by atoms with Crippen LogP contribution in [0.2, 0.25) is 0 Å². The number of aryl methyl sites for hydroxylation is 1. The number of aromatic nitrogens is 7. The highest BCUT2D eigenvalue weighted by Gasteiger charge is 2.31. The van der Waals surface area contributed by atoms with Crippen LogP contribution in [0, 0.1) is 12.8 Å². The van der Waals surface area contributed by atoms with Crippen molar-refractivity contribution in [2.24, 2.45) is 11.7 Å². The van der Waals surface area contributed by atoms with Gasteiger partial charge in [0.15, 0.2) is 11.5 Å². The summed E-state index contributed by atoms with van der Waals surface area (Å²) >= 11 is 0. The molecule has 7 amide bonds. The molecule has 1 fully saturated rings. The van der Waals surface area contributed by atoms with Gasteiger partial charge in [0.05, 0.1) is 71.5 Å². The Kier molecular flexibility index (Phi) is 23.1. The van der Waals surface area contributed by atoms with E-state index in [0.717, 1.165) is 30.3 Å². The van der Waals surface area contributed by atoms with Gasteiger partial charge in [-0.25, -0.2) is 29.0 Å². The number of amides is 7. The quantitative estimate of drug-likeness (QED) is 0.0277. The Bertz CT molecular complexity index is 2850. The predicted molar refractivity (Wildman–Crippen MR) is 286 cm³/mol. The van der Waals surface area contributed by atoms with Crippen molar-refractivity contribution in [3.05, 3.63) is 69.9 Å². The van der Waals surface area contributed by atoms with Crippen molar-refractivity contribution in [2.75, 3.05) is 83.5 Å². The number of ether oxygens (including phenoxy) is 5. The minimum atomic E-state index is -1.05. The largest absolute Gasteiger partial charge is 0.445 e. The Labute approximate surface area is 450 Å². The molecule has 10 N–H and O–H groups in total. The zero-order valence-corrected chi connectivity index (χ0v) is 44.7. The third kappa shape index (κ3) is 18.5. The zero-order valence-electron chi connectivity index (χ0n) is 44.7. The van der Waals surface area contributed by atoms with Crippen molar-refractivity contribution in [1.29, 1.82) is 0 Å². The fourth-order valence-electron chi connectivity index (χ4n) is 8.30. The van der Waals surface area contributed by atoms with Crippen LogP contribution in [-0.2, 0) is 62.6 Å². The molecule has 27 nitrogen and oxygen atoms in total. The lowest BCUT2D eigenvalue weighted by Gasteiger charge is -2.36. The number of primary amides is 1. The smallest absolute Gasteiger partial charge is 0.410 e. The maximum absolute atomic E-state index is 13.7. The van der Waals surface area contributed by atoms with Gasteiger partial charge in [-0.15, -0.1) is 5.10 Å². The summed E-state index contributed by atoms with van der Waals surface area (Å²) in [5.74, 6) is -1.32. The molecule has 2 aromatic carbocycles. The molecule has 0 spiro atoms. The van der Waals surface area contributed by atoms with Crippen LogP contribution in [0.3, 0.4) is 0 Å². The van der Waals surface area contributed by atoms with E-state index in [-0.39, 0.29) is 75.1 Å². The van der Waals surface area contributed by atoms with E-state index in [2.05, 4.69) is 51.8 Å². The molecular formula is C51H73N15O12. The number of nitrogen functional groups attached to an aromatic ring is 1. The van der Waals surface area contributed by atoms with E-state index < -0.39 is 41.9 Å². The van der Waals surface area contributed by atoms with E-state index in [9.17, 15) is 33.6 Å². The number of urea groups is 1. The number of hydrogen-bond donors (Lipinski definition) is 8. The summed E-state index contributed by atoms with van der Waals surface area (Å²) in [5, 5.41) is 22.2. The number of H-pyrrole nitrogens is 1. The summed E-state index contributed by atoms with van der Waals surface area (Å²) in [6.45, 7) is 10.7. The monoisotopic (exact) mass is 1090 g/mol. The molecule has 424 valence electrons. The summed E-state index contributed by atoms with van der Waals surface area (Å²) in [4.78, 5) is 102. The summed E-state index contributed by atoms with van der Waals surface area (Å²) < 4.78 is 30.8. The molecule has 1 aliphatic carbocycles. The predicted octanol–water partition coefficient (Wildman–Crippen LogP) is 1.60. The summed E-state index contributed by atoms with van der Waals surface area (Å²) in [5.41, 5.74) is 14.9. The van der Waals surface area contributed by atoms with E-state index in [1.54, 1.807) is 54.6 Å². The molecule has 1 saturated carbocycles. The highest BCUT2D eigenvalue weighted by atomic mass is 16.6. The average molecular weight is 1090 g/mol. The summed E-state index contributed by atoms with van der Waals surface area (Å²) in [7, 11) is 0. The highest BCUT2D eigenvalue weighted by molar-refractivity contribution is 5.98. The lowest BCUT2D eigenvalue weighted by atomic mass is 9.92. The van der Waals surface area contributed by atoms with Gasteiger partial charge in [0.2, 0.25) is 23.6 Å². The number of nitrogens with one attached hydrogen (secondary N) is 6. The number of aromatic amines is 1. The molecule has 0 bridgehead atoms. The van der Waals surface area contributed by atoms with Gasteiger partial charge < -0.3 is 71.6 Å². The molecule has 0 unspecified atom stereocenters. The molecule has 78 heavy (non-hydrogen) atoms. The van der Waals surface area contributed by atoms with Crippen LogP contribution >= 0.6 is 0 Å². The third-order valence-electron chi connectivity index (χ3n) is 12.6. The number of nitrogens with zero attached hydrogens (tertiary/aromatic N) is 7. The van der Waals surface area contributed by atoms with E-state index >= 15 is 0 Å². The number of imidazole rings is 1. The van der Waals surface area contributed by atoms with Crippen LogP contribution in [0.4, 0.5) is 21.1 Å². The minimum Gasteiger partial charge on any atom is -0.445 e. The number of anilines is 2. The summed E-state index contributed by atoms with van der Waals surface area (Å²) in [6, 6.07) is 9.62. The molecular weight excluding hydrogens is 1010 g/mol. The van der Waals surface area contributed by atoms with Crippen molar-refractivity contribution >= 4 is 69.5 Å². The Morgan fingerprint density at radius 3 is 2.18 bits per heavy atom. The Morgan fingerprint density at radius 2 is 1.53 bits per heavy atom. The van der Waals surface area contributed by atoms with E-state index in [0.29, 0.717) is 99.5 Å². The van der Waals surface area contributed by atoms with Crippen molar-refractivity contribution in [3.63, 3.8) is 0 Å². The molecule has 1 aliphatic rings. The highest BCUT2D eigenvalue weighted by Crippen LogP contribution is 2.26. The Morgan fingerprint density at radius 1 is 0.846 bits per heavy atom. The lowest BCUT2D eigenvalue weighted by molar-refractivity contribution is -0.132. The van der Waals surface area contributed by atoms with Gasteiger partial charge in [-0.2, -0.15) is 0 Å². The first-order valence-electron chi connectivity index (χ1n) is 26.1. The Hall–Kier alpha value is -7.75. The van der Waals surface area contributed by atoms with Crippen LogP contribution in [0.15, 0.2) is 47.3 Å². The zero-order chi connectivity index (χ0) is 56.0. The first kappa shape index (κ1) is 59.5. The van der Waals surface area contributed by atoms with E-state index in [1.807, 2.05) is 18.2 Å². The fourth-order valence-corrected chi connectivity index (χ4v) is 8.30. The first-order valence-corrected chi connectivity index (χ1v) is 26.1. The van der Waals surface area contributed by atoms with Crippen molar-refractivity contribution < 1.29 is 52.5 Å². The molecule has 6 rings (SSSR count). The van der Waals surface area contributed by atoms with E-state index in [1.165, 1.54) is 11.5 Å². The topological polar surface area (TPSA) is 358 Å². The van der Waals surface area contributed by atoms with Gasteiger partial charge in [0.25, 0.3) is 0 Å². The van der Waals surface area contributed by atoms with Gasteiger partial charge in [-0.3, -0.25) is 23.7 Å². The van der Waals surface area contributed by atoms with E-state index in [4.69, 9.17) is 35.2 Å². The van der Waals surface area contributed by atoms with Crippen LogP contribution in [0.1, 0.15) is 76.2 Å². The molecule has 5 aromatic rings. The second kappa shape index (κ2) is 30.3. The number of benzene rings is 2. The van der Waals surface area contributed by atoms with Gasteiger partial charge in [-0.1, -0.05) is 37.3 Å². The van der Waals surface area contributed by atoms with Crippen molar-refractivity contribution in [3.8, 4) is 0 Å². The second-order valence-electron chi connectivity index (χ2n) is 19.0. The van der Waals surface area contributed by atoms with Crippen molar-refractivity contribution in [1.82, 2.24) is 60.7 Å². The third-order valence-corrected chi connectivity index (χ3v) is 12.6. The van der Waals surface area contributed by atoms with Gasteiger partial charge in [0.1, 0.15) is 35.5 Å². The normalized spacial score (nSPS) is 13.2. The molecule has 0 aliphatic heterocycles. The average Bonchev–Trinajstić information content (AvgIpc) is 3.98. The first-order chi connectivity index (χ1) is 37.6. The number of fused-ring (bicyclic) bond motifs is 2. The number of rotatable bonds is 33. The van der Waals surface area contributed by atoms with Crippen molar-refractivity contribution in [2.45, 2.75) is 104 Å². The maximum atomic E-state index is 13.7. The maximum Gasteiger partial charge on any atom is 0.410 e. The SMILES string of the molecule is CC(=O)NCCOCCOCCOCCOCCC(=O)N[C@H](C(=O)N[C@@H](CCCNC(N)=O)C(=O)Nc1ccc(COC(=O)N(CCn2nnc3cc(Cn4c(=O)[nH]c5c(N)nc(C)nc54)ccc32)C2CCC2)cc1)C(C)C. The summed E-state index contributed by atoms with van der Waals surface area (Å²) in [6.07, 6.45) is 2.63. The van der Waals surface area contributed by atoms with Gasteiger partial charge >= 0.3 is 17.8 Å². The van der Waals surface area contributed by atoms with Crippen LogP contribution in [0.5, 0.6) is 0 Å². The molecule has 0 saturated heterocycles. The number of carbonyl (C=O) groups excluding carboxylic acids is 6. The molecule has 3 heterocycles. The minimum absolute atomic E-state index is 0.0152. The van der Waals surface area contributed by atoms with Crippen LogP contribution in [-0.4, -0.2) is 166 Å². The van der Waals surface area contributed by atoms with Gasteiger partial charge in [-0.05, 0) is 80.3 Å². The lowest BCUT2D eigenvalue weighted by Crippen LogP contribution is -2.54. The molecule has 2 atom stereocenters. The number of hydrogen-bond acceptors (Lipinski definition) is 17. The van der Waals surface area contributed by atoms with Crippen LogP contribution < -0.4 is 43.7 Å². The number of carbonyl (C=O) groups is 6.